The maximum absolute atomic E-state index is 13.1. The first-order valence-electron chi connectivity index (χ1n) is 7.44. The number of nitrogens with one attached hydrogen (secondary N) is 2. The molecule has 2 aromatic carbocycles. The summed E-state index contributed by atoms with van der Waals surface area (Å²) in [5, 5.41) is 2.69. The zero-order valence-electron chi connectivity index (χ0n) is 13.8. The molecule has 0 unspecified atom stereocenters. The highest BCUT2D eigenvalue weighted by Gasteiger charge is 2.20. The van der Waals surface area contributed by atoms with Gasteiger partial charge in [-0.15, -0.1) is 0 Å². The molecule has 0 radical (unpaired) electrons. The lowest BCUT2D eigenvalue weighted by molar-refractivity contribution is -0.116. The number of carbonyl (C=O) groups is 1. The van der Waals surface area contributed by atoms with Crippen molar-refractivity contribution in [3.63, 3.8) is 0 Å². The van der Waals surface area contributed by atoms with Crippen LogP contribution in [0.25, 0.3) is 0 Å². The molecule has 0 aliphatic rings. The Hall–Kier alpha value is -2.45. The minimum absolute atomic E-state index is 0.156. The van der Waals surface area contributed by atoms with E-state index >= 15 is 0 Å². The predicted octanol–water partition coefficient (Wildman–Crippen LogP) is 2.45. The SMILES string of the molecule is COc1ccccc1NC(=O)C[C@H](NS(C)(=O)=O)c1ccc(F)cc1. The van der Waals surface area contributed by atoms with E-state index in [0.29, 0.717) is 17.0 Å². The summed E-state index contributed by atoms with van der Waals surface area (Å²) in [6, 6.07) is 11.4. The Kier molecular flexibility index (Phi) is 6.11. The van der Waals surface area contributed by atoms with Gasteiger partial charge >= 0.3 is 0 Å². The van der Waals surface area contributed by atoms with Gasteiger partial charge in [0.1, 0.15) is 11.6 Å². The number of para-hydroxylation sites is 2. The second-order valence-electron chi connectivity index (χ2n) is 5.45. The summed E-state index contributed by atoms with van der Waals surface area (Å²) < 4.78 is 43.8. The van der Waals surface area contributed by atoms with Crippen LogP contribution in [-0.2, 0) is 14.8 Å². The van der Waals surface area contributed by atoms with Crippen LogP contribution < -0.4 is 14.8 Å². The Morgan fingerprint density at radius 3 is 2.40 bits per heavy atom. The van der Waals surface area contributed by atoms with Crippen LogP contribution in [0, 0.1) is 5.82 Å². The van der Waals surface area contributed by atoms with Gasteiger partial charge in [0.05, 0.1) is 25.1 Å². The summed E-state index contributed by atoms with van der Waals surface area (Å²) in [5.74, 6) is -0.361. The zero-order valence-corrected chi connectivity index (χ0v) is 14.6. The molecular weight excluding hydrogens is 347 g/mol. The van der Waals surface area contributed by atoms with Gasteiger partial charge in [0.25, 0.3) is 0 Å². The molecule has 0 heterocycles. The van der Waals surface area contributed by atoms with E-state index < -0.39 is 27.8 Å². The molecule has 1 atom stereocenters. The topological polar surface area (TPSA) is 84.5 Å². The van der Waals surface area contributed by atoms with Crippen LogP contribution >= 0.6 is 0 Å². The van der Waals surface area contributed by atoms with Crippen molar-refractivity contribution in [1.29, 1.82) is 0 Å². The Morgan fingerprint density at radius 1 is 1.16 bits per heavy atom. The predicted molar refractivity (Wildman–Crippen MR) is 93.4 cm³/mol. The average Bonchev–Trinajstić information content (AvgIpc) is 2.54. The minimum atomic E-state index is -3.56. The van der Waals surface area contributed by atoms with E-state index in [1.807, 2.05) is 0 Å². The molecule has 2 N–H and O–H groups in total. The average molecular weight is 366 g/mol. The van der Waals surface area contributed by atoms with Gasteiger partial charge in [0.15, 0.2) is 0 Å². The number of ether oxygens (including phenoxy) is 1. The van der Waals surface area contributed by atoms with Gasteiger partial charge in [0.2, 0.25) is 15.9 Å². The number of hydrogen-bond acceptors (Lipinski definition) is 4. The van der Waals surface area contributed by atoms with Crippen LogP contribution in [0.2, 0.25) is 0 Å². The van der Waals surface area contributed by atoms with E-state index in [9.17, 15) is 17.6 Å². The number of sulfonamides is 1. The fourth-order valence-corrected chi connectivity index (χ4v) is 3.05. The van der Waals surface area contributed by atoms with Crippen LogP contribution in [0.5, 0.6) is 5.75 Å². The molecule has 0 fully saturated rings. The Labute approximate surface area is 146 Å². The highest BCUT2D eigenvalue weighted by Crippen LogP contribution is 2.25. The molecule has 0 saturated carbocycles. The van der Waals surface area contributed by atoms with Gasteiger partial charge in [-0.2, -0.15) is 0 Å². The second kappa shape index (κ2) is 8.09. The zero-order chi connectivity index (χ0) is 18.4. The molecule has 2 rings (SSSR count). The number of rotatable bonds is 7. The standard InChI is InChI=1S/C17H19FN2O4S/c1-24-16-6-4-3-5-14(16)19-17(21)11-15(20-25(2,22)23)12-7-9-13(18)10-8-12/h3-10,15,20H,11H2,1-2H3,(H,19,21)/t15-/m0/s1. The van der Waals surface area contributed by atoms with Crippen molar-refractivity contribution in [2.24, 2.45) is 0 Å². The summed E-state index contributed by atoms with van der Waals surface area (Å²) in [5.41, 5.74) is 0.967. The van der Waals surface area contributed by atoms with Crippen LogP contribution in [0.4, 0.5) is 10.1 Å². The number of methoxy groups -OCH3 is 1. The van der Waals surface area contributed by atoms with E-state index in [1.165, 1.54) is 31.4 Å². The van der Waals surface area contributed by atoms with E-state index in [1.54, 1.807) is 24.3 Å². The molecular formula is C17H19FN2O4S. The lowest BCUT2D eigenvalue weighted by atomic mass is 10.0. The van der Waals surface area contributed by atoms with Crippen molar-refractivity contribution in [2.75, 3.05) is 18.7 Å². The molecule has 0 aliphatic heterocycles. The normalized spacial score (nSPS) is 12.4. The maximum atomic E-state index is 13.1. The summed E-state index contributed by atoms with van der Waals surface area (Å²) in [4.78, 5) is 12.3. The number of hydrogen-bond donors (Lipinski definition) is 2. The van der Waals surface area contributed by atoms with Crippen LogP contribution in [0.3, 0.4) is 0 Å². The number of anilines is 1. The minimum Gasteiger partial charge on any atom is -0.495 e. The van der Waals surface area contributed by atoms with Crippen molar-refractivity contribution in [3.05, 3.63) is 59.9 Å². The van der Waals surface area contributed by atoms with Gasteiger partial charge < -0.3 is 10.1 Å². The molecule has 0 aliphatic carbocycles. The summed E-state index contributed by atoms with van der Waals surface area (Å²) >= 11 is 0. The number of benzene rings is 2. The second-order valence-corrected chi connectivity index (χ2v) is 7.23. The third kappa shape index (κ3) is 5.84. The third-order valence-electron chi connectivity index (χ3n) is 3.40. The van der Waals surface area contributed by atoms with E-state index in [2.05, 4.69) is 10.0 Å². The smallest absolute Gasteiger partial charge is 0.226 e. The fraction of sp³-hybridized carbons (Fsp3) is 0.235. The molecule has 25 heavy (non-hydrogen) atoms. The first-order valence-corrected chi connectivity index (χ1v) is 9.33. The van der Waals surface area contributed by atoms with E-state index in [0.717, 1.165) is 6.26 Å². The van der Waals surface area contributed by atoms with Crippen molar-refractivity contribution < 1.29 is 22.3 Å². The Balaban J connectivity index is 2.18. The van der Waals surface area contributed by atoms with Gasteiger partial charge in [0, 0.05) is 6.42 Å². The van der Waals surface area contributed by atoms with Gasteiger partial charge in [-0.05, 0) is 29.8 Å². The van der Waals surface area contributed by atoms with Crippen molar-refractivity contribution in [1.82, 2.24) is 4.72 Å². The highest BCUT2D eigenvalue weighted by molar-refractivity contribution is 7.88. The Bertz CT molecular complexity index is 838. The summed E-state index contributed by atoms with van der Waals surface area (Å²) in [7, 11) is -2.08. The molecule has 0 spiro atoms. The van der Waals surface area contributed by atoms with Gasteiger partial charge in [-0.1, -0.05) is 24.3 Å². The van der Waals surface area contributed by atoms with Crippen molar-refractivity contribution >= 4 is 21.6 Å². The molecule has 8 heteroatoms. The molecule has 0 saturated heterocycles. The lowest BCUT2D eigenvalue weighted by Crippen LogP contribution is -2.30. The Morgan fingerprint density at radius 2 is 1.80 bits per heavy atom. The third-order valence-corrected chi connectivity index (χ3v) is 4.11. The molecule has 0 bridgehead atoms. The van der Waals surface area contributed by atoms with Crippen molar-refractivity contribution in [3.8, 4) is 5.75 Å². The molecule has 1 amide bonds. The molecule has 134 valence electrons. The van der Waals surface area contributed by atoms with E-state index in [-0.39, 0.29) is 6.42 Å². The molecule has 0 aromatic heterocycles. The summed E-state index contributed by atoms with van der Waals surface area (Å²) in [6.45, 7) is 0. The first-order chi connectivity index (χ1) is 11.8. The largest absolute Gasteiger partial charge is 0.495 e. The van der Waals surface area contributed by atoms with Crippen LogP contribution in [0.1, 0.15) is 18.0 Å². The maximum Gasteiger partial charge on any atom is 0.226 e. The number of carbonyl (C=O) groups excluding carboxylic acids is 1. The van der Waals surface area contributed by atoms with Crippen LogP contribution in [0.15, 0.2) is 48.5 Å². The lowest BCUT2D eigenvalue weighted by Gasteiger charge is -2.18. The monoisotopic (exact) mass is 366 g/mol. The van der Waals surface area contributed by atoms with Crippen molar-refractivity contribution in [2.45, 2.75) is 12.5 Å². The van der Waals surface area contributed by atoms with Gasteiger partial charge in [-0.25, -0.2) is 17.5 Å². The van der Waals surface area contributed by atoms with E-state index in [4.69, 9.17) is 4.74 Å². The quantitative estimate of drug-likeness (QED) is 0.788. The molecule has 6 nitrogen and oxygen atoms in total. The van der Waals surface area contributed by atoms with Crippen LogP contribution in [-0.4, -0.2) is 27.7 Å². The highest BCUT2D eigenvalue weighted by atomic mass is 32.2. The van der Waals surface area contributed by atoms with Gasteiger partial charge in [-0.3, -0.25) is 4.79 Å². The summed E-state index contributed by atoms with van der Waals surface area (Å²) in [6.07, 6.45) is 0.846. The number of amides is 1. The molecule has 2 aromatic rings. The fourth-order valence-electron chi connectivity index (χ4n) is 2.32. The first kappa shape index (κ1) is 18.9. The number of halogens is 1.